The van der Waals surface area contributed by atoms with Crippen LogP contribution < -0.4 is 5.32 Å². The van der Waals surface area contributed by atoms with Crippen LogP contribution in [0.4, 0.5) is 4.39 Å². The molecule has 2 fully saturated rings. The minimum absolute atomic E-state index is 0.0354. The third-order valence-corrected chi connectivity index (χ3v) is 4.93. The van der Waals surface area contributed by atoms with Crippen molar-refractivity contribution in [3.8, 4) is 0 Å². The lowest BCUT2D eigenvalue weighted by Gasteiger charge is -2.47. The maximum Gasteiger partial charge on any atom is 0.217 e. The molecular formula is C17H21ClFNO3. The van der Waals surface area contributed by atoms with Crippen LogP contribution in [0.15, 0.2) is 18.2 Å². The molecule has 1 N–H and O–H groups in total. The van der Waals surface area contributed by atoms with Crippen molar-refractivity contribution in [2.24, 2.45) is 0 Å². The van der Waals surface area contributed by atoms with Gasteiger partial charge in [0.25, 0.3) is 0 Å². The maximum atomic E-state index is 13.4. The normalized spacial score (nSPS) is 26.9. The predicted molar refractivity (Wildman–Crippen MR) is 84.9 cm³/mol. The molecule has 0 bridgehead atoms. The smallest absolute Gasteiger partial charge is 0.217 e. The average Bonchev–Trinajstić information content (AvgIpc) is 2.49. The van der Waals surface area contributed by atoms with Crippen molar-refractivity contribution in [2.75, 3.05) is 13.2 Å². The Morgan fingerprint density at radius 1 is 1.39 bits per heavy atom. The molecular weight excluding hydrogens is 321 g/mol. The number of halogens is 2. The number of hydrogen-bond donors (Lipinski definition) is 1. The summed E-state index contributed by atoms with van der Waals surface area (Å²) in [6, 6.07) is 4.72. The first-order chi connectivity index (χ1) is 11.0. The van der Waals surface area contributed by atoms with E-state index in [1.54, 1.807) is 12.1 Å². The number of benzene rings is 1. The number of carbonyl (C=O) groups excluding carboxylic acids is 1. The van der Waals surface area contributed by atoms with Crippen molar-refractivity contribution >= 4 is 17.5 Å². The Balaban J connectivity index is 1.85. The molecule has 0 unspecified atom stereocenters. The van der Waals surface area contributed by atoms with Gasteiger partial charge in [0.1, 0.15) is 5.82 Å². The molecule has 23 heavy (non-hydrogen) atoms. The van der Waals surface area contributed by atoms with Crippen molar-refractivity contribution in [3.05, 3.63) is 34.6 Å². The van der Waals surface area contributed by atoms with Crippen LogP contribution in [0.25, 0.3) is 0 Å². The monoisotopic (exact) mass is 341 g/mol. The molecule has 3 rings (SSSR count). The van der Waals surface area contributed by atoms with Gasteiger partial charge in [-0.15, -0.1) is 0 Å². The summed E-state index contributed by atoms with van der Waals surface area (Å²) >= 11 is 5.91. The van der Waals surface area contributed by atoms with Gasteiger partial charge in [-0.3, -0.25) is 4.79 Å². The van der Waals surface area contributed by atoms with Crippen molar-refractivity contribution < 1.29 is 18.7 Å². The molecule has 2 aliphatic heterocycles. The van der Waals surface area contributed by atoms with E-state index in [-0.39, 0.29) is 28.7 Å². The number of rotatable bonds is 2. The van der Waals surface area contributed by atoms with E-state index in [2.05, 4.69) is 5.32 Å². The molecule has 1 aromatic rings. The summed E-state index contributed by atoms with van der Waals surface area (Å²) in [5.41, 5.74) is 0.548. The van der Waals surface area contributed by atoms with Gasteiger partial charge >= 0.3 is 0 Å². The van der Waals surface area contributed by atoms with Gasteiger partial charge in [0.2, 0.25) is 5.91 Å². The lowest BCUT2D eigenvalue weighted by molar-refractivity contribution is -0.179. The van der Waals surface area contributed by atoms with Crippen molar-refractivity contribution in [1.29, 1.82) is 0 Å². The maximum absolute atomic E-state index is 13.4. The zero-order valence-corrected chi connectivity index (χ0v) is 13.9. The van der Waals surface area contributed by atoms with Gasteiger partial charge in [0.05, 0.1) is 16.7 Å². The Hall–Kier alpha value is -1.17. The standard InChI is InChI=1S/C17H21ClFNO3/c1-11(21)20-13-9-16(12-2-3-15(19)14(18)8-12)23-17(10-13)4-6-22-7-5-17/h2-3,8,13,16H,4-7,9-10H2,1H3,(H,20,21)/t13-,16-/m1/s1. The van der Waals surface area contributed by atoms with Gasteiger partial charge in [0, 0.05) is 26.2 Å². The van der Waals surface area contributed by atoms with Gasteiger partial charge in [0.15, 0.2) is 0 Å². The van der Waals surface area contributed by atoms with Crippen molar-refractivity contribution in [1.82, 2.24) is 5.32 Å². The average molecular weight is 342 g/mol. The Morgan fingerprint density at radius 2 is 2.13 bits per heavy atom. The molecule has 1 spiro atoms. The summed E-state index contributed by atoms with van der Waals surface area (Å²) in [6.45, 7) is 2.84. The van der Waals surface area contributed by atoms with E-state index in [0.29, 0.717) is 19.6 Å². The molecule has 0 aromatic heterocycles. The Morgan fingerprint density at radius 3 is 2.78 bits per heavy atom. The van der Waals surface area contributed by atoms with E-state index in [1.807, 2.05) is 0 Å². The van der Waals surface area contributed by atoms with Gasteiger partial charge < -0.3 is 14.8 Å². The molecule has 2 heterocycles. The first-order valence-corrected chi connectivity index (χ1v) is 8.33. The molecule has 1 amide bonds. The van der Waals surface area contributed by atoms with E-state index in [0.717, 1.165) is 24.8 Å². The minimum atomic E-state index is -0.439. The number of hydrogen-bond acceptors (Lipinski definition) is 3. The highest BCUT2D eigenvalue weighted by Crippen LogP contribution is 2.43. The summed E-state index contributed by atoms with van der Waals surface area (Å²) in [5.74, 6) is -0.486. The highest BCUT2D eigenvalue weighted by molar-refractivity contribution is 6.30. The summed E-state index contributed by atoms with van der Waals surface area (Å²) in [6.07, 6.45) is 2.82. The second kappa shape index (κ2) is 6.75. The van der Waals surface area contributed by atoms with Crippen LogP contribution in [-0.4, -0.2) is 30.8 Å². The van der Waals surface area contributed by atoms with Crippen molar-refractivity contribution in [2.45, 2.75) is 50.4 Å². The highest BCUT2D eigenvalue weighted by Gasteiger charge is 2.43. The van der Waals surface area contributed by atoms with Crippen LogP contribution in [0, 0.1) is 5.82 Å². The van der Waals surface area contributed by atoms with Crippen LogP contribution in [-0.2, 0) is 14.3 Å². The van der Waals surface area contributed by atoms with E-state index in [4.69, 9.17) is 21.1 Å². The number of ether oxygens (including phenoxy) is 2. The van der Waals surface area contributed by atoms with E-state index in [1.165, 1.54) is 13.0 Å². The third-order valence-electron chi connectivity index (χ3n) is 4.64. The zero-order chi connectivity index (χ0) is 16.4. The van der Waals surface area contributed by atoms with Crippen LogP contribution in [0.5, 0.6) is 0 Å². The quantitative estimate of drug-likeness (QED) is 0.897. The topological polar surface area (TPSA) is 47.6 Å². The summed E-state index contributed by atoms with van der Waals surface area (Å²) < 4.78 is 25.3. The molecule has 0 aliphatic carbocycles. The molecule has 2 saturated heterocycles. The molecule has 6 heteroatoms. The fourth-order valence-corrected chi connectivity index (χ4v) is 3.76. The largest absolute Gasteiger partial charge is 0.381 e. The first kappa shape index (κ1) is 16.7. The van der Waals surface area contributed by atoms with Crippen LogP contribution in [0.1, 0.15) is 44.3 Å². The Bertz CT molecular complexity index is 589. The first-order valence-electron chi connectivity index (χ1n) is 7.95. The highest BCUT2D eigenvalue weighted by atomic mass is 35.5. The third kappa shape index (κ3) is 3.84. The minimum Gasteiger partial charge on any atom is -0.381 e. The van der Waals surface area contributed by atoms with E-state index in [9.17, 15) is 9.18 Å². The van der Waals surface area contributed by atoms with Crippen LogP contribution >= 0.6 is 11.6 Å². The van der Waals surface area contributed by atoms with Crippen LogP contribution in [0.3, 0.4) is 0 Å². The van der Waals surface area contributed by atoms with E-state index < -0.39 is 5.82 Å². The Labute approximate surface area is 140 Å². The molecule has 0 saturated carbocycles. The summed E-state index contributed by atoms with van der Waals surface area (Å²) in [5, 5.41) is 3.10. The molecule has 0 radical (unpaired) electrons. The Kier molecular flexibility index (Phi) is 4.90. The van der Waals surface area contributed by atoms with Crippen LogP contribution in [0.2, 0.25) is 5.02 Å². The van der Waals surface area contributed by atoms with Gasteiger partial charge in [-0.2, -0.15) is 0 Å². The lowest BCUT2D eigenvalue weighted by atomic mass is 9.81. The number of amides is 1. The SMILES string of the molecule is CC(=O)N[C@@H]1C[C@H](c2ccc(F)c(Cl)c2)OC2(CCOCC2)C1. The molecule has 4 nitrogen and oxygen atoms in total. The fraction of sp³-hybridized carbons (Fsp3) is 0.588. The number of carbonyl (C=O) groups is 1. The molecule has 2 atom stereocenters. The lowest BCUT2D eigenvalue weighted by Crippen LogP contribution is -2.51. The molecule has 1 aromatic carbocycles. The molecule has 2 aliphatic rings. The zero-order valence-electron chi connectivity index (χ0n) is 13.1. The summed E-state index contributed by atoms with van der Waals surface area (Å²) in [7, 11) is 0. The number of nitrogens with one attached hydrogen (secondary N) is 1. The second-order valence-electron chi connectivity index (χ2n) is 6.41. The molecule has 126 valence electrons. The fourth-order valence-electron chi connectivity index (χ4n) is 3.57. The predicted octanol–water partition coefficient (Wildman–Crippen LogP) is 3.38. The second-order valence-corrected chi connectivity index (χ2v) is 6.82. The van der Waals surface area contributed by atoms with Crippen molar-refractivity contribution in [3.63, 3.8) is 0 Å². The van der Waals surface area contributed by atoms with Gasteiger partial charge in [-0.25, -0.2) is 4.39 Å². The summed E-state index contributed by atoms with van der Waals surface area (Å²) in [4.78, 5) is 11.5. The van der Waals surface area contributed by atoms with Gasteiger partial charge in [-0.1, -0.05) is 17.7 Å². The van der Waals surface area contributed by atoms with E-state index >= 15 is 0 Å². The van der Waals surface area contributed by atoms with Gasteiger partial charge in [-0.05, 0) is 43.4 Å².